The highest BCUT2D eigenvalue weighted by Crippen LogP contribution is 2.39. The van der Waals surface area contributed by atoms with Gasteiger partial charge in [-0.25, -0.2) is 4.79 Å². The number of carboxylic acid groups (broad SMARTS) is 1. The Kier molecular flexibility index (Phi) is 3.63. The molecule has 2 heterocycles. The summed E-state index contributed by atoms with van der Waals surface area (Å²) >= 11 is 3.23. The van der Waals surface area contributed by atoms with Crippen LogP contribution in [0.2, 0.25) is 0 Å². The van der Waals surface area contributed by atoms with E-state index in [-0.39, 0.29) is 5.91 Å². The SMILES string of the molecule is CC1(C(=O)NC2(C(=O)O)CCSC2)CCCS1. The van der Waals surface area contributed by atoms with Gasteiger partial charge in [-0.1, -0.05) is 0 Å². The molecule has 4 nitrogen and oxygen atoms in total. The first-order valence-electron chi connectivity index (χ1n) is 5.76. The molecule has 0 saturated carbocycles. The summed E-state index contributed by atoms with van der Waals surface area (Å²) in [6.45, 7) is 1.91. The Hall–Kier alpha value is -0.360. The van der Waals surface area contributed by atoms with Gasteiger partial charge in [0.05, 0.1) is 4.75 Å². The first-order valence-corrected chi connectivity index (χ1v) is 7.90. The quantitative estimate of drug-likeness (QED) is 0.814. The number of carbonyl (C=O) groups excluding carboxylic acids is 1. The van der Waals surface area contributed by atoms with E-state index in [1.54, 1.807) is 23.5 Å². The van der Waals surface area contributed by atoms with Crippen LogP contribution in [0.4, 0.5) is 0 Å². The fourth-order valence-corrected chi connectivity index (χ4v) is 4.73. The molecular weight excluding hydrogens is 258 g/mol. The van der Waals surface area contributed by atoms with E-state index in [1.807, 2.05) is 6.92 Å². The molecule has 17 heavy (non-hydrogen) atoms. The normalized spacial score (nSPS) is 37.0. The fraction of sp³-hybridized carbons (Fsp3) is 0.818. The van der Waals surface area contributed by atoms with Gasteiger partial charge in [-0.15, -0.1) is 11.8 Å². The van der Waals surface area contributed by atoms with Gasteiger partial charge >= 0.3 is 5.97 Å². The summed E-state index contributed by atoms with van der Waals surface area (Å²) in [7, 11) is 0. The minimum absolute atomic E-state index is 0.107. The molecule has 0 radical (unpaired) electrons. The monoisotopic (exact) mass is 275 g/mol. The highest BCUT2D eigenvalue weighted by Gasteiger charge is 2.47. The second-order valence-electron chi connectivity index (χ2n) is 4.83. The molecule has 2 saturated heterocycles. The van der Waals surface area contributed by atoms with Crippen LogP contribution in [0.3, 0.4) is 0 Å². The smallest absolute Gasteiger partial charge is 0.330 e. The van der Waals surface area contributed by atoms with Crippen LogP contribution in [-0.4, -0.2) is 44.5 Å². The summed E-state index contributed by atoms with van der Waals surface area (Å²) in [5.41, 5.74) is -1.03. The molecular formula is C11H17NO3S2. The van der Waals surface area contributed by atoms with Gasteiger partial charge in [-0.2, -0.15) is 11.8 Å². The molecule has 96 valence electrons. The standard InChI is InChI=1S/C11H17NO3S2/c1-10(3-2-5-17-10)8(13)12-11(9(14)15)4-6-16-7-11/h2-7H2,1H3,(H,12,13)(H,14,15). The minimum atomic E-state index is -1.03. The van der Waals surface area contributed by atoms with Gasteiger partial charge in [-0.3, -0.25) is 4.79 Å². The molecule has 0 aliphatic carbocycles. The molecule has 2 atom stereocenters. The van der Waals surface area contributed by atoms with Crippen molar-refractivity contribution in [3.8, 4) is 0 Å². The third-order valence-corrected chi connectivity index (χ3v) is 6.19. The predicted octanol–water partition coefficient (Wildman–Crippen LogP) is 1.35. The van der Waals surface area contributed by atoms with Gasteiger partial charge < -0.3 is 10.4 Å². The zero-order valence-electron chi connectivity index (χ0n) is 9.82. The fourth-order valence-electron chi connectivity index (χ4n) is 2.19. The first kappa shape index (κ1) is 13.1. The van der Waals surface area contributed by atoms with E-state index in [2.05, 4.69) is 5.32 Å². The number of thioether (sulfide) groups is 2. The number of aliphatic carboxylic acids is 1. The number of amides is 1. The van der Waals surface area contributed by atoms with Crippen molar-refractivity contribution in [1.82, 2.24) is 5.32 Å². The van der Waals surface area contributed by atoms with Gasteiger partial charge in [0.15, 0.2) is 0 Å². The van der Waals surface area contributed by atoms with E-state index < -0.39 is 16.3 Å². The molecule has 0 aromatic heterocycles. The molecule has 2 N–H and O–H groups in total. The molecule has 2 fully saturated rings. The van der Waals surface area contributed by atoms with Crippen LogP contribution >= 0.6 is 23.5 Å². The van der Waals surface area contributed by atoms with E-state index >= 15 is 0 Å². The van der Waals surface area contributed by atoms with E-state index in [4.69, 9.17) is 0 Å². The maximum atomic E-state index is 12.2. The van der Waals surface area contributed by atoms with Gasteiger partial charge in [-0.05, 0) is 37.7 Å². The van der Waals surface area contributed by atoms with Crippen molar-refractivity contribution < 1.29 is 14.7 Å². The number of hydrogen-bond acceptors (Lipinski definition) is 4. The lowest BCUT2D eigenvalue weighted by molar-refractivity contribution is -0.146. The average molecular weight is 275 g/mol. The van der Waals surface area contributed by atoms with Crippen molar-refractivity contribution in [2.45, 2.75) is 36.5 Å². The summed E-state index contributed by atoms with van der Waals surface area (Å²) in [6, 6.07) is 0. The molecule has 2 aliphatic heterocycles. The molecule has 1 amide bonds. The van der Waals surface area contributed by atoms with Crippen LogP contribution < -0.4 is 5.32 Å². The molecule has 2 rings (SSSR count). The Morgan fingerprint density at radius 1 is 1.29 bits per heavy atom. The summed E-state index contributed by atoms with van der Waals surface area (Å²) in [5.74, 6) is 1.26. The van der Waals surface area contributed by atoms with Gasteiger partial charge in [0, 0.05) is 5.75 Å². The Morgan fingerprint density at radius 3 is 2.53 bits per heavy atom. The van der Waals surface area contributed by atoms with Crippen LogP contribution in [0.5, 0.6) is 0 Å². The van der Waals surface area contributed by atoms with E-state index in [1.165, 1.54) is 0 Å². The summed E-state index contributed by atoms with van der Waals surface area (Å²) in [5, 5.41) is 12.1. The number of hydrogen-bond donors (Lipinski definition) is 2. The van der Waals surface area contributed by atoms with E-state index in [9.17, 15) is 14.7 Å². The lowest BCUT2D eigenvalue weighted by Crippen LogP contribution is -2.58. The molecule has 0 aromatic carbocycles. The number of rotatable bonds is 3. The Morgan fingerprint density at radius 2 is 2.06 bits per heavy atom. The Labute approximate surface area is 109 Å². The lowest BCUT2D eigenvalue weighted by Gasteiger charge is -2.30. The molecule has 0 bridgehead atoms. The van der Waals surface area contributed by atoms with Gasteiger partial charge in [0.2, 0.25) is 5.91 Å². The third kappa shape index (κ3) is 2.42. The maximum Gasteiger partial charge on any atom is 0.330 e. The largest absolute Gasteiger partial charge is 0.479 e. The summed E-state index contributed by atoms with van der Waals surface area (Å²) < 4.78 is -0.435. The van der Waals surface area contributed by atoms with Gasteiger partial charge in [0.1, 0.15) is 5.54 Å². The van der Waals surface area contributed by atoms with Crippen LogP contribution in [0.1, 0.15) is 26.2 Å². The molecule has 2 unspecified atom stereocenters. The van der Waals surface area contributed by atoms with E-state index in [0.717, 1.165) is 24.3 Å². The zero-order chi connectivity index (χ0) is 12.5. The van der Waals surface area contributed by atoms with Crippen molar-refractivity contribution in [2.24, 2.45) is 0 Å². The highest BCUT2D eigenvalue weighted by molar-refractivity contribution is 8.01. The average Bonchev–Trinajstić information content (AvgIpc) is 2.88. The van der Waals surface area contributed by atoms with Crippen LogP contribution in [-0.2, 0) is 9.59 Å². The third-order valence-electron chi connectivity index (χ3n) is 3.48. The Balaban J connectivity index is 2.08. The molecule has 6 heteroatoms. The van der Waals surface area contributed by atoms with Crippen LogP contribution in [0, 0.1) is 0 Å². The van der Waals surface area contributed by atoms with Crippen molar-refractivity contribution in [3.05, 3.63) is 0 Å². The highest BCUT2D eigenvalue weighted by atomic mass is 32.2. The van der Waals surface area contributed by atoms with Crippen molar-refractivity contribution in [2.75, 3.05) is 17.3 Å². The topological polar surface area (TPSA) is 66.4 Å². The molecule has 0 spiro atoms. The lowest BCUT2D eigenvalue weighted by atomic mass is 9.96. The Bertz CT molecular complexity index is 334. The van der Waals surface area contributed by atoms with Gasteiger partial charge in [0.25, 0.3) is 0 Å². The maximum absolute atomic E-state index is 12.2. The first-order chi connectivity index (χ1) is 7.99. The second-order valence-corrected chi connectivity index (χ2v) is 7.53. The predicted molar refractivity (Wildman–Crippen MR) is 70.5 cm³/mol. The number of nitrogens with one attached hydrogen (secondary N) is 1. The zero-order valence-corrected chi connectivity index (χ0v) is 11.5. The minimum Gasteiger partial charge on any atom is -0.479 e. The number of carboxylic acids is 1. The van der Waals surface area contributed by atoms with Crippen molar-refractivity contribution in [3.63, 3.8) is 0 Å². The van der Waals surface area contributed by atoms with Crippen LogP contribution in [0.15, 0.2) is 0 Å². The van der Waals surface area contributed by atoms with Crippen molar-refractivity contribution in [1.29, 1.82) is 0 Å². The second kappa shape index (κ2) is 4.72. The summed E-state index contributed by atoms with van der Waals surface area (Å²) in [4.78, 5) is 23.6. The molecule has 2 aliphatic rings. The van der Waals surface area contributed by atoms with Crippen LogP contribution in [0.25, 0.3) is 0 Å². The molecule has 0 aromatic rings. The number of carbonyl (C=O) groups is 2. The summed E-state index contributed by atoms with van der Waals surface area (Å²) in [6.07, 6.45) is 2.40. The van der Waals surface area contributed by atoms with Crippen molar-refractivity contribution >= 4 is 35.4 Å². The van der Waals surface area contributed by atoms with E-state index in [0.29, 0.717) is 12.2 Å².